The normalized spacial score (nSPS) is 22.0. The van der Waals surface area contributed by atoms with Crippen LogP contribution in [-0.4, -0.2) is 10.7 Å². The topological polar surface area (TPSA) is 25.2 Å². The number of nitrogens with zero attached hydrogens (tertiary/aromatic N) is 2. The van der Waals surface area contributed by atoms with E-state index in [-0.39, 0.29) is 0 Å². The zero-order valence-electron chi connectivity index (χ0n) is 18.1. The molecule has 3 aromatic rings. The number of hydrogen-bond acceptors (Lipinski definition) is 2. The van der Waals surface area contributed by atoms with Crippen LogP contribution < -0.4 is 10.4 Å². The van der Waals surface area contributed by atoms with Gasteiger partial charge in [0.2, 0.25) is 0 Å². The predicted molar refractivity (Wildman–Crippen MR) is 137 cm³/mol. The summed E-state index contributed by atoms with van der Waals surface area (Å²) in [6.07, 6.45) is 5.66. The van der Waals surface area contributed by atoms with Crippen molar-refractivity contribution in [3.63, 3.8) is 0 Å². The first kappa shape index (κ1) is 20.2. The molecule has 0 saturated carbocycles. The van der Waals surface area contributed by atoms with E-state index < -0.39 is 10.0 Å². The maximum atomic E-state index is 4.79. The molecule has 3 heteroatoms. The van der Waals surface area contributed by atoms with E-state index in [1.807, 2.05) is 30.5 Å². The zero-order chi connectivity index (χ0) is 22.3. The molecule has 0 N–H and O–H groups in total. The van der Waals surface area contributed by atoms with Crippen molar-refractivity contribution in [1.29, 1.82) is 0 Å². The average Bonchev–Trinajstić information content (AvgIpc) is 3.26. The fourth-order valence-electron chi connectivity index (χ4n) is 4.73. The Morgan fingerprint density at radius 1 is 0.844 bits per heavy atom. The van der Waals surface area contributed by atoms with Gasteiger partial charge < -0.3 is 0 Å². The van der Waals surface area contributed by atoms with E-state index in [2.05, 4.69) is 81.3 Å². The molecule has 1 unspecified atom stereocenters. The quantitative estimate of drug-likeness (QED) is 0.453. The number of pyridine rings is 1. The predicted octanol–water partition coefficient (Wildman–Crippen LogP) is 6.14. The number of aromatic nitrogens is 1. The molecular weight excluding hydrogens is 408 g/mol. The van der Waals surface area contributed by atoms with E-state index in [4.69, 9.17) is 9.98 Å². The average molecular weight is 433 g/mol. The van der Waals surface area contributed by atoms with Gasteiger partial charge in [-0.05, 0) is 47.2 Å². The molecule has 156 valence electrons. The monoisotopic (exact) mass is 432 g/mol. The molecular formula is C29H24N2S. The Labute approximate surface area is 190 Å². The standard InChI is InChI=1S/C29H24N2S/c1-5-23-28(30-6-2)29-26(16-11-19-31-29)32(23)24-15-10-9-14-22(24)27-21(4)13-8-7-12-20(3)17-18-25(27)32/h5-19H,2-4H2,1H3/b12-7?,13-8?,18-17?,23-5+,30-28+. The molecule has 1 aromatic heterocycles. The molecule has 1 atom stereocenters. The minimum Gasteiger partial charge on any atom is -0.254 e. The highest BCUT2D eigenvalue weighted by Gasteiger charge is 2.50. The summed E-state index contributed by atoms with van der Waals surface area (Å²) in [7, 11) is -1.78. The summed E-state index contributed by atoms with van der Waals surface area (Å²) in [5, 5.41) is 1.94. The van der Waals surface area contributed by atoms with Gasteiger partial charge in [-0.1, -0.05) is 74.3 Å². The second kappa shape index (κ2) is 7.77. The van der Waals surface area contributed by atoms with E-state index in [1.165, 1.54) is 30.7 Å². The van der Waals surface area contributed by atoms with Crippen LogP contribution in [-0.2, 0) is 0 Å². The summed E-state index contributed by atoms with van der Waals surface area (Å²) >= 11 is 0. The lowest BCUT2D eigenvalue weighted by Gasteiger charge is -2.35. The number of benzene rings is 1. The molecule has 2 aliphatic heterocycles. The van der Waals surface area contributed by atoms with E-state index in [9.17, 15) is 0 Å². The minimum absolute atomic E-state index is 0.905. The van der Waals surface area contributed by atoms with Crippen LogP contribution in [0.1, 0.15) is 12.6 Å². The second-order valence-corrected chi connectivity index (χ2v) is 10.6. The van der Waals surface area contributed by atoms with Crippen LogP contribution in [0, 0.1) is 0 Å². The summed E-state index contributed by atoms with van der Waals surface area (Å²) in [5.74, 6) is 0. The lowest BCUT2D eigenvalue weighted by atomic mass is 10.1. The Kier molecular flexibility index (Phi) is 4.91. The van der Waals surface area contributed by atoms with Gasteiger partial charge in [0.25, 0.3) is 0 Å². The van der Waals surface area contributed by atoms with Gasteiger partial charge in [-0.25, -0.2) is 0 Å². The molecule has 0 fully saturated rings. The molecule has 32 heavy (non-hydrogen) atoms. The van der Waals surface area contributed by atoms with Gasteiger partial charge in [0.1, 0.15) is 11.4 Å². The van der Waals surface area contributed by atoms with Crippen molar-refractivity contribution in [2.75, 3.05) is 0 Å². The molecule has 2 aromatic carbocycles. The summed E-state index contributed by atoms with van der Waals surface area (Å²) in [4.78, 5) is 14.5. The highest BCUT2D eigenvalue weighted by molar-refractivity contribution is 8.38. The van der Waals surface area contributed by atoms with Gasteiger partial charge in [0, 0.05) is 37.6 Å². The Bertz CT molecular complexity index is 1500. The first-order chi connectivity index (χ1) is 15.6. The second-order valence-electron chi connectivity index (χ2n) is 7.66. The van der Waals surface area contributed by atoms with Crippen molar-refractivity contribution in [2.45, 2.75) is 21.6 Å². The van der Waals surface area contributed by atoms with E-state index >= 15 is 0 Å². The highest BCUT2D eigenvalue weighted by atomic mass is 32.3. The van der Waals surface area contributed by atoms with Crippen molar-refractivity contribution in [2.24, 2.45) is 4.99 Å². The van der Waals surface area contributed by atoms with Gasteiger partial charge in [0.05, 0.1) is 0 Å². The van der Waals surface area contributed by atoms with Crippen molar-refractivity contribution < 1.29 is 0 Å². The molecule has 2 nitrogen and oxygen atoms in total. The Morgan fingerprint density at radius 2 is 1.59 bits per heavy atom. The van der Waals surface area contributed by atoms with Crippen LogP contribution >= 0.6 is 10.0 Å². The largest absolute Gasteiger partial charge is 0.254 e. The molecule has 0 aliphatic carbocycles. The van der Waals surface area contributed by atoms with Gasteiger partial charge >= 0.3 is 0 Å². The van der Waals surface area contributed by atoms with Crippen LogP contribution in [0.2, 0.25) is 0 Å². The fraction of sp³-hybridized carbons (Fsp3) is 0.0345. The molecule has 0 saturated heterocycles. The van der Waals surface area contributed by atoms with Gasteiger partial charge in [-0.3, -0.25) is 9.98 Å². The lowest BCUT2D eigenvalue weighted by molar-refractivity contribution is 1.20. The summed E-state index contributed by atoms with van der Waals surface area (Å²) < 4.78 is 0. The third-order valence-electron chi connectivity index (χ3n) is 5.92. The first-order valence-electron chi connectivity index (χ1n) is 10.5. The molecule has 5 rings (SSSR count). The van der Waals surface area contributed by atoms with Crippen molar-refractivity contribution in [3.05, 3.63) is 119 Å². The SMILES string of the molecule is C=C/N=C1\C(=C/C)S2(c3ccccc3-c3c2ccc(=C)ccccc3=C)c2cccnc21. The van der Waals surface area contributed by atoms with Gasteiger partial charge in [-0.2, -0.15) is 0 Å². The summed E-state index contributed by atoms with van der Waals surface area (Å²) in [6, 6.07) is 25.4. The smallest absolute Gasteiger partial charge is 0.103 e. The van der Waals surface area contributed by atoms with Crippen molar-refractivity contribution in [3.8, 4) is 11.1 Å². The number of aliphatic imine (C=N–C) groups is 1. The van der Waals surface area contributed by atoms with Crippen LogP contribution in [0.25, 0.3) is 24.3 Å². The van der Waals surface area contributed by atoms with Gasteiger partial charge in [0.15, 0.2) is 0 Å². The van der Waals surface area contributed by atoms with Gasteiger partial charge in [-0.15, -0.1) is 10.0 Å². The third-order valence-corrected chi connectivity index (χ3v) is 10.0. The summed E-state index contributed by atoms with van der Waals surface area (Å²) in [5.41, 5.74) is 4.24. The fourth-order valence-corrected chi connectivity index (χ4v) is 9.27. The van der Waals surface area contributed by atoms with E-state index in [0.29, 0.717) is 0 Å². The minimum atomic E-state index is -1.78. The third kappa shape index (κ3) is 2.68. The molecule has 0 bridgehead atoms. The van der Waals surface area contributed by atoms with Crippen LogP contribution in [0.4, 0.5) is 0 Å². The maximum absolute atomic E-state index is 4.79. The van der Waals surface area contributed by atoms with E-state index in [0.717, 1.165) is 21.8 Å². The highest BCUT2D eigenvalue weighted by Crippen LogP contribution is 2.82. The van der Waals surface area contributed by atoms with Crippen molar-refractivity contribution in [1.82, 2.24) is 4.98 Å². The number of allylic oxidation sites excluding steroid dienone is 2. The Balaban J connectivity index is 2.09. The molecule has 2 aliphatic rings. The van der Waals surface area contributed by atoms with Crippen LogP contribution in [0.15, 0.2) is 122 Å². The molecule has 1 spiro atoms. The van der Waals surface area contributed by atoms with E-state index in [1.54, 1.807) is 6.20 Å². The number of fused-ring (bicyclic) bond motifs is 7. The first-order valence-corrected chi connectivity index (χ1v) is 12.2. The zero-order valence-corrected chi connectivity index (χ0v) is 18.9. The summed E-state index contributed by atoms with van der Waals surface area (Å²) in [6.45, 7) is 14.6. The lowest BCUT2D eigenvalue weighted by Crippen LogP contribution is -2.04. The number of rotatable bonds is 1. The Morgan fingerprint density at radius 3 is 2.41 bits per heavy atom. The van der Waals surface area contributed by atoms with Crippen LogP contribution in [0.5, 0.6) is 0 Å². The molecule has 0 radical (unpaired) electrons. The number of hydrogen-bond donors (Lipinski definition) is 0. The maximum Gasteiger partial charge on any atom is 0.103 e. The van der Waals surface area contributed by atoms with Crippen molar-refractivity contribution >= 4 is 28.9 Å². The molecule has 3 heterocycles. The van der Waals surface area contributed by atoms with Crippen LogP contribution in [0.3, 0.4) is 0 Å². The Hall–Kier alpha value is -3.69. The molecule has 0 amide bonds.